The first-order valence-electron chi connectivity index (χ1n) is 5.38. The molecule has 0 atom stereocenters. The summed E-state index contributed by atoms with van der Waals surface area (Å²) in [6.45, 7) is 0. The van der Waals surface area contributed by atoms with Gasteiger partial charge in [0.25, 0.3) is 0 Å². The van der Waals surface area contributed by atoms with Crippen molar-refractivity contribution in [2.45, 2.75) is 0 Å². The minimum absolute atomic E-state index is 0.232. The van der Waals surface area contributed by atoms with Gasteiger partial charge in [-0.25, -0.2) is 4.31 Å². The highest BCUT2D eigenvalue weighted by Crippen LogP contribution is 2.18. The molecular formula is C12H19N5S. The van der Waals surface area contributed by atoms with Gasteiger partial charge in [-0.15, -0.1) is 0 Å². The summed E-state index contributed by atoms with van der Waals surface area (Å²) in [5.41, 5.74) is 19.1. The molecule has 5 nitrogen and oxygen atoms in total. The second-order valence-corrected chi connectivity index (χ2v) is 4.99. The molecule has 0 amide bonds. The van der Waals surface area contributed by atoms with Gasteiger partial charge in [0.05, 0.1) is 5.82 Å². The van der Waals surface area contributed by atoms with Gasteiger partial charge in [-0.05, 0) is 43.9 Å². The average molecular weight is 265 g/mol. The summed E-state index contributed by atoms with van der Waals surface area (Å²) in [5, 5.41) is 0. The molecule has 0 bridgehead atoms. The number of nitrogens with two attached hydrogens (primary N) is 3. The van der Waals surface area contributed by atoms with Gasteiger partial charge in [0.15, 0.2) is 0 Å². The molecule has 0 fully saturated rings. The van der Waals surface area contributed by atoms with Gasteiger partial charge in [-0.3, -0.25) is 0 Å². The Hall–Kier alpha value is -1.79. The Balaban J connectivity index is 2.81. The van der Waals surface area contributed by atoms with E-state index in [1.165, 1.54) is 12.1 Å². The van der Waals surface area contributed by atoms with Crippen LogP contribution in [-0.4, -0.2) is 18.4 Å². The summed E-state index contributed by atoms with van der Waals surface area (Å²) in [6.07, 6.45) is 3.26. The minimum atomic E-state index is 0.232. The van der Waals surface area contributed by atoms with Crippen molar-refractivity contribution in [1.29, 1.82) is 0 Å². The van der Waals surface area contributed by atoms with Crippen LogP contribution in [0, 0.1) is 0 Å². The van der Waals surface area contributed by atoms with E-state index >= 15 is 0 Å². The maximum Gasteiger partial charge on any atom is 0.0934 e. The summed E-state index contributed by atoms with van der Waals surface area (Å²) in [5.74, 6) is 0.232. The predicted molar refractivity (Wildman–Crippen MR) is 80.0 cm³/mol. The molecule has 0 aliphatic heterocycles. The highest BCUT2D eigenvalue weighted by Gasteiger charge is 1.99. The van der Waals surface area contributed by atoms with Crippen LogP contribution in [0.2, 0.25) is 0 Å². The number of benzene rings is 1. The van der Waals surface area contributed by atoms with Gasteiger partial charge in [0.1, 0.15) is 0 Å². The van der Waals surface area contributed by atoms with Crippen LogP contribution in [0.3, 0.4) is 0 Å². The highest BCUT2D eigenvalue weighted by molar-refractivity contribution is 7.98. The molecular weight excluding hydrogens is 246 g/mol. The van der Waals surface area contributed by atoms with Crippen LogP contribution in [0.25, 0.3) is 5.70 Å². The predicted octanol–water partition coefficient (Wildman–Crippen LogP) is 1.28. The van der Waals surface area contributed by atoms with Crippen molar-refractivity contribution in [1.82, 2.24) is 4.31 Å². The molecule has 0 heterocycles. The Morgan fingerprint density at radius 3 is 2.56 bits per heavy atom. The lowest BCUT2D eigenvalue weighted by atomic mass is 10.1. The summed E-state index contributed by atoms with van der Waals surface area (Å²) < 4.78 is 5.16. The molecule has 6 heteroatoms. The Bertz CT molecular complexity index is 450. The van der Waals surface area contributed by atoms with Gasteiger partial charge < -0.3 is 21.9 Å². The van der Waals surface area contributed by atoms with Gasteiger partial charge in [0, 0.05) is 23.5 Å². The second kappa shape index (κ2) is 6.83. The van der Waals surface area contributed by atoms with Crippen LogP contribution in [0.15, 0.2) is 42.2 Å². The third-order valence-electron chi connectivity index (χ3n) is 2.00. The van der Waals surface area contributed by atoms with Gasteiger partial charge >= 0.3 is 0 Å². The molecule has 0 aliphatic rings. The molecule has 0 saturated carbocycles. The van der Waals surface area contributed by atoms with E-state index in [4.69, 9.17) is 17.2 Å². The van der Waals surface area contributed by atoms with Gasteiger partial charge in [0.2, 0.25) is 0 Å². The molecule has 1 aromatic carbocycles. The fraction of sp³-hybridized carbons (Fsp3) is 0.167. The number of nitrogens with zero attached hydrogens (tertiary/aromatic N) is 1. The molecule has 98 valence electrons. The lowest BCUT2D eigenvalue weighted by molar-refractivity contribution is 0.706. The number of anilines is 1. The van der Waals surface area contributed by atoms with E-state index in [0.29, 0.717) is 5.70 Å². The molecule has 1 aromatic rings. The molecule has 1 rings (SSSR count). The maximum atomic E-state index is 5.93. The van der Waals surface area contributed by atoms with Crippen molar-refractivity contribution in [2.75, 3.05) is 18.8 Å². The molecule has 0 unspecified atom stereocenters. The maximum absolute atomic E-state index is 5.93. The van der Waals surface area contributed by atoms with Gasteiger partial charge in [-0.2, -0.15) is 0 Å². The van der Waals surface area contributed by atoms with E-state index in [2.05, 4.69) is 4.72 Å². The summed E-state index contributed by atoms with van der Waals surface area (Å²) in [4.78, 5) is 0. The number of allylic oxidation sites excluding steroid dienone is 2. The third-order valence-corrected chi connectivity index (χ3v) is 2.69. The lowest BCUT2D eigenvalue weighted by Crippen LogP contribution is -2.07. The van der Waals surface area contributed by atoms with Crippen molar-refractivity contribution in [2.24, 2.45) is 17.2 Å². The van der Waals surface area contributed by atoms with Crippen LogP contribution in [0.5, 0.6) is 0 Å². The minimum Gasteiger partial charge on any atom is -0.398 e. The summed E-state index contributed by atoms with van der Waals surface area (Å²) in [6, 6.07) is 7.80. The topological polar surface area (TPSA) is 93.3 Å². The van der Waals surface area contributed by atoms with E-state index in [0.717, 1.165) is 11.3 Å². The normalized spacial score (nSPS) is 11.4. The van der Waals surface area contributed by atoms with Crippen molar-refractivity contribution >= 4 is 23.5 Å². The Kier molecular flexibility index (Phi) is 5.41. The molecule has 0 radical (unpaired) electrons. The molecule has 18 heavy (non-hydrogen) atoms. The first kappa shape index (κ1) is 14.3. The number of nitrogens with one attached hydrogen (secondary N) is 1. The zero-order valence-corrected chi connectivity index (χ0v) is 11.4. The first-order chi connectivity index (χ1) is 8.49. The van der Waals surface area contributed by atoms with Crippen LogP contribution in [0.1, 0.15) is 5.56 Å². The SMILES string of the molecule is CN(C)SNc1cccc(/C(N)=C/C=C(N)N)c1. The molecule has 7 N–H and O–H groups in total. The standard InChI is InChI=1S/C12H19N5S/c1-17(2)18-16-10-5-3-4-9(8-10)11(13)6-7-12(14)15/h3-8,16H,13-15H2,1-2H3/b11-6-. The summed E-state index contributed by atoms with van der Waals surface area (Å²) >= 11 is 1.49. The van der Waals surface area contributed by atoms with Crippen LogP contribution in [0.4, 0.5) is 5.69 Å². The average Bonchev–Trinajstić information content (AvgIpc) is 2.33. The number of rotatable bonds is 5. The quantitative estimate of drug-likeness (QED) is 0.473. The monoisotopic (exact) mass is 265 g/mol. The van der Waals surface area contributed by atoms with Crippen molar-refractivity contribution in [3.8, 4) is 0 Å². The van der Waals surface area contributed by atoms with Gasteiger partial charge in [-0.1, -0.05) is 12.1 Å². The number of hydrogen-bond acceptors (Lipinski definition) is 6. The largest absolute Gasteiger partial charge is 0.398 e. The Morgan fingerprint density at radius 1 is 1.22 bits per heavy atom. The van der Waals surface area contributed by atoms with E-state index in [1.807, 2.05) is 42.7 Å². The Morgan fingerprint density at radius 2 is 1.94 bits per heavy atom. The zero-order valence-electron chi connectivity index (χ0n) is 10.6. The fourth-order valence-corrected chi connectivity index (χ4v) is 1.60. The molecule has 0 spiro atoms. The molecule has 0 aromatic heterocycles. The third kappa shape index (κ3) is 5.03. The van der Waals surface area contributed by atoms with E-state index in [1.54, 1.807) is 12.2 Å². The second-order valence-electron chi connectivity index (χ2n) is 3.88. The van der Waals surface area contributed by atoms with Crippen molar-refractivity contribution in [3.05, 3.63) is 47.8 Å². The zero-order chi connectivity index (χ0) is 13.5. The van der Waals surface area contributed by atoms with Crippen LogP contribution in [-0.2, 0) is 0 Å². The summed E-state index contributed by atoms with van der Waals surface area (Å²) in [7, 11) is 3.93. The number of hydrogen-bond donors (Lipinski definition) is 4. The van der Waals surface area contributed by atoms with Crippen LogP contribution >= 0.6 is 12.1 Å². The van der Waals surface area contributed by atoms with E-state index in [9.17, 15) is 0 Å². The lowest BCUT2D eigenvalue weighted by Gasteiger charge is -2.11. The van der Waals surface area contributed by atoms with Crippen molar-refractivity contribution < 1.29 is 0 Å². The van der Waals surface area contributed by atoms with Crippen molar-refractivity contribution in [3.63, 3.8) is 0 Å². The fourth-order valence-electron chi connectivity index (χ4n) is 1.19. The van der Waals surface area contributed by atoms with E-state index < -0.39 is 0 Å². The molecule has 0 aliphatic carbocycles. The smallest absolute Gasteiger partial charge is 0.0934 e. The molecule has 0 saturated heterocycles. The first-order valence-corrected chi connectivity index (χ1v) is 6.15. The highest BCUT2D eigenvalue weighted by atomic mass is 32.2. The van der Waals surface area contributed by atoms with E-state index in [-0.39, 0.29) is 5.82 Å². The van der Waals surface area contributed by atoms with Crippen LogP contribution < -0.4 is 21.9 Å². The Labute approximate surface area is 112 Å².